The maximum Gasteiger partial charge on any atom is 0.217 e. The molecule has 0 radical (unpaired) electrons. The van der Waals surface area contributed by atoms with Crippen molar-refractivity contribution in [2.24, 2.45) is 5.73 Å². The third kappa shape index (κ3) is 5.46. The number of nitrogens with two attached hydrogens (primary N) is 1. The van der Waals surface area contributed by atoms with Crippen LogP contribution >= 0.6 is 0 Å². The highest BCUT2D eigenvalue weighted by Gasteiger charge is 2.29. The second kappa shape index (κ2) is 6.20. The molecule has 0 aromatic carbocycles. The van der Waals surface area contributed by atoms with Crippen LogP contribution in [0.15, 0.2) is 0 Å². The second-order valence-corrected chi connectivity index (χ2v) is 4.01. The molecule has 16 heavy (non-hydrogen) atoms. The molecule has 0 fully saturated rings. The smallest absolute Gasteiger partial charge is 0.217 e. The minimum atomic E-state index is -5.01. The van der Waals surface area contributed by atoms with Crippen LogP contribution in [-0.2, 0) is 19.4 Å². The molecule has 0 rings (SSSR count). The summed E-state index contributed by atoms with van der Waals surface area (Å²) in [5, 5.41) is 27.4. The van der Waals surface area contributed by atoms with Gasteiger partial charge in [-0.25, -0.2) is 8.42 Å². The fourth-order valence-corrected chi connectivity index (χ4v) is 1.09. The molecule has 5 N–H and O–H groups in total. The Morgan fingerprint density at radius 3 is 2.19 bits per heavy atom. The van der Waals surface area contributed by atoms with Gasteiger partial charge in [0.05, 0.1) is 12.6 Å². The first-order chi connectivity index (χ1) is 7.19. The normalized spacial score (nSPS) is 19.8. The van der Waals surface area contributed by atoms with Crippen LogP contribution in [0.2, 0.25) is 0 Å². The fraction of sp³-hybridized carbons (Fsp3) is 0.833. The Hall–Kier alpha value is -0.620. The van der Waals surface area contributed by atoms with E-state index in [2.05, 4.69) is 4.18 Å². The van der Waals surface area contributed by atoms with Crippen molar-refractivity contribution >= 4 is 16.7 Å². The molecule has 0 aliphatic carbocycles. The van der Waals surface area contributed by atoms with Crippen molar-refractivity contribution in [3.8, 4) is 0 Å². The van der Waals surface area contributed by atoms with Crippen LogP contribution in [-0.4, -0.2) is 65.5 Å². The first kappa shape index (κ1) is 15.4. The van der Waals surface area contributed by atoms with Gasteiger partial charge in [0, 0.05) is 0 Å². The van der Waals surface area contributed by atoms with E-state index in [0.717, 1.165) is 0 Å². The van der Waals surface area contributed by atoms with Gasteiger partial charge in [-0.1, -0.05) is 0 Å². The van der Waals surface area contributed by atoms with Crippen LogP contribution in [0.3, 0.4) is 0 Å². The third-order valence-electron chi connectivity index (χ3n) is 1.68. The van der Waals surface area contributed by atoms with E-state index in [1.165, 1.54) is 0 Å². The van der Waals surface area contributed by atoms with Crippen molar-refractivity contribution in [2.75, 3.05) is 6.61 Å². The highest BCUT2D eigenvalue weighted by atomic mass is 32.3. The number of rotatable bonds is 7. The molecule has 0 aromatic heterocycles. The third-order valence-corrected chi connectivity index (χ3v) is 2.10. The maximum atomic E-state index is 10.1. The fourth-order valence-electron chi connectivity index (χ4n) is 0.787. The van der Waals surface area contributed by atoms with Crippen molar-refractivity contribution in [3.63, 3.8) is 0 Å². The van der Waals surface area contributed by atoms with Crippen LogP contribution in [0.4, 0.5) is 0 Å². The van der Waals surface area contributed by atoms with Gasteiger partial charge in [0.25, 0.3) is 0 Å². The molecule has 0 aromatic rings. The van der Waals surface area contributed by atoms with E-state index in [1.54, 1.807) is 0 Å². The Balaban J connectivity index is 4.27. The van der Waals surface area contributed by atoms with Crippen LogP contribution < -0.4 is 5.73 Å². The van der Waals surface area contributed by atoms with Gasteiger partial charge in [-0.3, -0.25) is 4.18 Å². The number of hydrogen-bond acceptors (Lipinski definition) is 9. The van der Waals surface area contributed by atoms with Crippen LogP contribution in [0.1, 0.15) is 0 Å². The molecule has 4 atom stereocenters. The van der Waals surface area contributed by atoms with E-state index >= 15 is 0 Å². The summed E-state index contributed by atoms with van der Waals surface area (Å²) in [6, 6.07) is -1.45. The molecule has 0 bridgehead atoms. The van der Waals surface area contributed by atoms with Crippen molar-refractivity contribution in [2.45, 2.75) is 24.4 Å². The summed E-state index contributed by atoms with van der Waals surface area (Å²) in [5.74, 6) is 0. The molecule has 0 saturated carbocycles. The topological polar surface area (TPSA) is 170 Å². The molecule has 0 saturated heterocycles. The van der Waals surface area contributed by atoms with Crippen molar-refractivity contribution in [1.82, 2.24) is 0 Å². The van der Waals surface area contributed by atoms with Crippen LogP contribution in [0, 0.1) is 0 Å². The van der Waals surface area contributed by atoms with Gasteiger partial charge in [-0.05, 0) is 0 Å². The van der Waals surface area contributed by atoms with E-state index in [9.17, 15) is 17.8 Å². The zero-order chi connectivity index (χ0) is 12.9. The lowest BCUT2D eigenvalue weighted by Crippen LogP contribution is -2.50. The second-order valence-electron chi connectivity index (χ2n) is 2.95. The van der Waals surface area contributed by atoms with Crippen LogP contribution in [0.25, 0.3) is 0 Å². The van der Waals surface area contributed by atoms with Crippen LogP contribution in [0.5, 0.6) is 0 Å². The zero-order valence-electron chi connectivity index (χ0n) is 7.96. The summed E-state index contributed by atoms with van der Waals surface area (Å²) >= 11 is 0. The number of carbonyl (C=O) groups excluding carboxylic acids is 1. The van der Waals surface area contributed by atoms with E-state index in [-0.39, 0.29) is 6.29 Å². The highest BCUT2D eigenvalue weighted by Crippen LogP contribution is 2.04. The van der Waals surface area contributed by atoms with E-state index in [0.29, 0.717) is 0 Å². The van der Waals surface area contributed by atoms with Crippen molar-refractivity contribution in [1.29, 1.82) is 0 Å². The van der Waals surface area contributed by atoms with Gasteiger partial charge in [-0.15, -0.1) is 0 Å². The lowest BCUT2D eigenvalue weighted by atomic mass is 10.0. The number of carbonyl (C=O) groups is 1. The molecule has 0 aliphatic heterocycles. The number of aliphatic hydroxyl groups is 3. The highest BCUT2D eigenvalue weighted by molar-refractivity contribution is 7.80. The summed E-state index contributed by atoms with van der Waals surface area (Å²) in [5.41, 5.74) is 5.03. The molecule has 0 heterocycles. The monoisotopic (exact) mass is 258 g/mol. The first-order valence-electron chi connectivity index (χ1n) is 4.04. The molecular weight excluding hydrogens is 246 g/mol. The van der Waals surface area contributed by atoms with Crippen molar-refractivity contribution in [3.05, 3.63) is 0 Å². The van der Waals surface area contributed by atoms with Gasteiger partial charge in [0.15, 0.2) is 0 Å². The van der Waals surface area contributed by atoms with E-state index in [1.807, 2.05) is 0 Å². The van der Waals surface area contributed by atoms with Gasteiger partial charge in [0.2, 0.25) is 10.4 Å². The Kier molecular flexibility index (Phi) is 5.96. The number of aldehydes is 1. The SMILES string of the molecule is N[C@@H](C=O)[C@@H](O)[C@H](O)[C@H](O)COS(=O)(=O)[O-]. The van der Waals surface area contributed by atoms with E-state index in [4.69, 9.17) is 21.1 Å². The molecule has 0 aliphatic rings. The van der Waals surface area contributed by atoms with Gasteiger partial charge in [-0.2, -0.15) is 0 Å². The molecule has 9 nitrogen and oxygen atoms in total. The van der Waals surface area contributed by atoms with Gasteiger partial charge >= 0.3 is 0 Å². The first-order valence-corrected chi connectivity index (χ1v) is 5.37. The number of hydrogen-bond donors (Lipinski definition) is 4. The Morgan fingerprint density at radius 2 is 1.81 bits per heavy atom. The minimum absolute atomic E-state index is 0.131. The summed E-state index contributed by atoms with van der Waals surface area (Å²) in [6.45, 7) is -1.05. The summed E-state index contributed by atoms with van der Waals surface area (Å²) < 4.78 is 33.7. The molecule has 96 valence electrons. The molecule has 0 spiro atoms. The molecule has 0 amide bonds. The molecule has 0 unspecified atom stereocenters. The standard InChI is InChI=1S/C6H13NO8S/c7-3(1-8)5(10)6(11)4(9)2-15-16(12,13)14/h1,3-6,9-11H,2,7H2,(H,12,13,14)/p-1/t3-,4+,5+,6+/m0/s1. The molecular formula is C6H12NO8S-. The van der Waals surface area contributed by atoms with E-state index < -0.39 is 41.4 Å². The average molecular weight is 258 g/mol. The Bertz CT molecular complexity index is 316. The summed E-state index contributed by atoms with van der Waals surface area (Å²) in [7, 11) is -5.01. The largest absolute Gasteiger partial charge is 0.726 e. The zero-order valence-corrected chi connectivity index (χ0v) is 8.78. The molecule has 10 heteroatoms. The quantitative estimate of drug-likeness (QED) is 0.202. The van der Waals surface area contributed by atoms with Crippen molar-refractivity contribution < 1.29 is 37.3 Å². The predicted octanol–water partition coefficient (Wildman–Crippen LogP) is -3.93. The minimum Gasteiger partial charge on any atom is -0.726 e. The lowest BCUT2D eigenvalue weighted by Gasteiger charge is -2.24. The summed E-state index contributed by atoms with van der Waals surface area (Å²) in [4.78, 5) is 10.1. The Labute approximate surface area is 91.4 Å². The lowest BCUT2D eigenvalue weighted by molar-refractivity contribution is -0.117. The van der Waals surface area contributed by atoms with Gasteiger partial charge < -0.3 is 30.4 Å². The summed E-state index contributed by atoms with van der Waals surface area (Å²) in [6.07, 6.45) is -5.46. The number of aliphatic hydroxyl groups excluding tert-OH is 3. The predicted molar refractivity (Wildman–Crippen MR) is 47.7 cm³/mol. The average Bonchev–Trinajstić information content (AvgIpc) is 2.21. The van der Waals surface area contributed by atoms with Gasteiger partial charge in [0.1, 0.15) is 24.6 Å². The maximum absolute atomic E-state index is 10.1. The Morgan fingerprint density at radius 1 is 1.31 bits per heavy atom.